The SMILES string of the molecule is O=[N+]([O-])c1c(Cl)cccc1N1CCN(C2CC2)CC1. The molecule has 1 heterocycles. The number of rotatable bonds is 3. The van der Waals surface area contributed by atoms with E-state index in [1.807, 2.05) is 0 Å². The predicted octanol–water partition coefficient (Wildman–Crippen LogP) is 2.53. The van der Waals surface area contributed by atoms with Crippen LogP contribution in [-0.2, 0) is 0 Å². The van der Waals surface area contributed by atoms with Crippen LogP contribution in [0.15, 0.2) is 18.2 Å². The molecule has 1 saturated carbocycles. The van der Waals surface area contributed by atoms with Crippen molar-refractivity contribution in [3.63, 3.8) is 0 Å². The maximum absolute atomic E-state index is 11.2. The fourth-order valence-electron chi connectivity index (χ4n) is 2.71. The van der Waals surface area contributed by atoms with Gasteiger partial charge in [0.2, 0.25) is 0 Å². The standard InChI is InChI=1S/C13H16ClN3O2/c14-11-2-1-3-12(13(11)17(18)19)16-8-6-15(7-9-16)10-4-5-10/h1-3,10H,4-9H2. The van der Waals surface area contributed by atoms with Crippen LogP contribution in [0.5, 0.6) is 0 Å². The number of halogens is 1. The van der Waals surface area contributed by atoms with E-state index in [4.69, 9.17) is 11.6 Å². The third-order valence-corrected chi connectivity index (χ3v) is 4.17. The van der Waals surface area contributed by atoms with Crippen LogP contribution in [0.3, 0.4) is 0 Å². The molecule has 1 saturated heterocycles. The van der Waals surface area contributed by atoms with Crippen molar-refractivity contribution >= 4 is 23.0 Å². The van der Waals surface area contributed by atoms with Crippen LogP contribution in [0, 0.1) is 10.1 Å². The van der Waals surface area contributed by atoms with Gasteiger partial charge in [0.05, 0.1) is 4.92 Å². The Morgan fingerprint density at radius 2 is 1.89 bits per heavy atom. The minimum atomic E-state index is -0.384. The molecule has 1 aromatic carbocycles. The van der Waals surface area contributed by atoms with Crippen LogP contribution in [0.2, 0.25) is 5.02 Å². The van der Waals surface area contributed by atoms with Gasteiger partial charge >= 0.3 is 5.69 Å². The lowest BCUT2D eigenvalue weighted by molar-refractivity contribution is -0.384. The fourth-order valence-corrected chi connectivity index (χ4v) is 2.95. The first-order valence-electron chi connectivity index (χ1n) is 6.58. The number of hydrogen-bond acceptors (Lipinski definition) is 4. The quantitative estimate of drug-likeness (QED) is 0.631. The van der Waals surface area contributed by atoms with Crippen molar-refractivity contribution in [3.05, 3.63) is 33.3 Å². The molecule has 0 amide bonds. The van der Waals surface area contributed by atoms with Crippen LogP contribution in [0.4, 0.5) is 11.4 Å². The van der Waals surface area contributed by atoms with E-state index < -0.39 is 0 Å². The van der Waals surface area contributed by atoms with Gasteiger partial charge < -0.3 is 4.90 Å². The third kappa shape index (κ3) is 2.53. The summed E-state index contributed by atoms with van der Waals surface area (Å²) in [7, 11) is 0. The summed E-state index contributed by atoms with van der Waals surface area (Å²) < 4.78 is 0. The molecular formula is C13H16ClN3O2. The molecule has 0 radical (unpaired) electrons. The van der Waals surface area contributed by atoms with Gasteiger partial charge in [0, 0.05) is 32.2 Å². The minimum Gasteiger partial charge on any atom is -0.363 e. The summed E-state index contributed by atoms with van der Waals surface area (Å²) in [6.07, 6.45) is 2.61. The number of nitrogens with zero attached hydrogens (tertiary/aromatic N) is 3. The Labute approximate surface area is 116 Å². The van der Waals surface area contributed by atoms with E-state index in [9.17, 15) is 10.1 Å². The van der Waals surface area contributed by atoms with Crippen molar-refractivity contribution in [1.82, 2.24) is 4.90 Å². The molecule has 1 aliphatic heterocycles. The molecule has 2 aliphatic rings. The Hall–Kier alpha value is -1.33. The third-order valence-electron chi connectivity index (χ3n) is 3.87. The highest BCUT2D eigenvalue weighted by molar-refractivity contribution is 6.33. The summed E-state index contributed by atoms with van der Waals surface area (Å²) in [6.45, 7) is 3.62. The number of piperazine rings is 1. The molecule has 102 valence electrons. The number of anilines is 1. The Balaban J connectivity index is 1.79. The molecule has 0 unspecified atom stereocenters. The van der Waals surface area contributed by atoms with Crippen LogP contribution < -0.4 is 4.90 Å². The van der Waals surface area contributed by atoms with Crippen LogP contribution in [0.1, 0.15) is 12.8 Å². The lowest BCUT2D eigenvalue weighted by atomic mass is 10.2. The highest BCUT2D eigenvalue weighted by Crippen LogP contribution is 2.36. The number of nitro groups is 1. The first kappa shape index (κ1) is 12.7. The molecule has 1 aliphatic carbocycles. The molecule has 0 aromatic heterocycles. The fraction of sp³-hybridized carbons (Fsp3) is 0.538. The number of benzene rings is 1. The maximum atomic E-state index is 11.2. The Bertz CT molecular complexity index is 497. The molecular weight excluding hydrogens is 266 g/mol. The van der Waals surface area contributed by atoms with E-state index in [-0.39, 0.29) is 15.6 Å². The highest BCUT2D eigenvalue weighted by atomic mass is 35.5. The van der Waals surface area contributed by atoms with Gasteiger partial charge in [-0.1, -0.05) is 17.7 Å². The molecule has 6 heteroatoms. The van der Waals surface area contributed by atoms with Crippen LogP contribution in [-0.4, -0.2) is 42.0 Å². The van der Waals surface area contributed by atoms with Gasteiger partial charge in [-0.15, -0.1) is 0 Å². The maximum Gasteiger partial charge on any atom is 0.310 e. The van der Waals surface area contributed by atoms with Gasteiger partial charge in [-0.25, -0.2) is 0 Å². The van der Waals surface area contributed by atoms with Crippen molar-refractivity contribution in [2.45, 2.75) is 18.9 Å². The van der Waals surface area contributed by atoms with E-state index in [2.05, 4.69) is 9.80 Å². The van der Waals surface area contributed by atoms with Crippen molar-refractivity contribution in [2.24, 2.45) is 0 Å². The van der Waals surface area contributed by atoms with Gasteiger partial charge in [-0.05, 0) is 25.0 Å². The van der Waals surface area contributed by atoms with Gasteiger partial charge in [-0.2, -0.15) is 0 Å². The minimum absolute atomic E-state index is 0.0315. The second kappa shape index (κ2) is 4.98. The number of hydrogen-bond donors (Lipinski definition) is 0. The zero-order valence-electron chi connectivity index (χ0n) is 10.6. The van der Waals surface area contributed by atoms with Crippen LogP contribution >= 0.6 is 11.6 Å². The highest BCUT2D eigenvalue weighted by Gasteiger charge is 2.32. The van der Waals surface area contributed by atoms with Gasteiger partial charge in [0.1, 0.15) is 10.7 Å². The summed E-state index contributed by atoms with van der Waals surface area (Å²) in [5.41, 5.74) is 0.678. The van der Waals surface area contributed by atoms with Gasteiger partial charge in [0.25, 0.3) is 0 Å². The van der Waals surface area contributed by atoms with E-state index in [0.717, 1.165) is 32.2 Å². The summed E-state index contributed by atoms with van der Waals surface area (Å²) in [5.74, 6) is 0. The molecule has 2 fully saturated rings. The van der Waals surface area contributed by atoms with E-state index in [0.29, 0.717) is 5.69 Å². The first-order chi connectivity index (χ1) is 9.16. The number of nitro benzene ring substituents is 1. The molecule has 1 aromatic rings. The van der Waals surface area contributed by atoms with Gasteiger partial charge in [-0.3, -0.25) is 15.0 Å². The predicted molar refractivity (Wildman–Crippen MR) is 74.9 cm³/mol. The average Bonchev–Trinajstić information content (AvgIpc) is 3.22. The number of para-hydroxylation sites is 1. The average molecular weight is 282 g/mol. The molecule has 3 rings (SSSR count). The Morgan fingerprint density at radius 1 is 1.21 bits per heavy atom. The monoisotopic (exact) mass is 281 g/mol. The Kier molecular flexibility index (Phi) is 3.33. The van der Waals surface area contributed by atoms with Gasteiger partial charge in [0.15, 0.2) is 0 Å². The molecule has 19 heavy (non-hydrogen) atoms. The summed E-state index contributed by atoms with van der Waals surface area (Å²) in [4.78, 5) is 15.3. The molecule has 5 nitrogen and oxygen atoms in total. The second-order valence-corrected chi connectivity index (χ2v) is 5.53. The summed E-state index contributed by atoms with van der Waals surface area (Å²) in [5, 5.41) is 11.4. The van der Waals surface area contributed by atoms with Crippen molar-refractivity contribution in [1.29, 1.82) is 0 Å². The molecule has 0 bridgehead atoms. The lowest BCUT2D eigenvalue weighted by Crippen LogP contribution is -2.47. The largest absolute Gasteiger partial charge is 0.363 e. The zero-order chi connectivity index (χ0) is 13.4. The topological polar surface area (TPSA) is 49.6 Å². The summed E-state index contributed by atoms with van der Waals surface area (Å²) in [6, 6.07) is 5.90. The smallest absolute Gasteiger partial charge is 0.310 e. The van der Waals surface area contributed by atoms with E-state index in [1.54, 1.807) is 18.2 Å². The van der Waals surface area contributed by atoms with Crippen molar-refractivity contribution in [3.8, 4) is 0 Å². The second-order valence-electron chi connectivity index (χ2n) is 5.12. The van der Waals surface area contributed by atoms with E-state index >= 15 is 0 Å². The lowest BCUT2D eigenvalue weighted by Gasteiger charge is -2.35. The zero-order valence-corrected chi connectivity index (χ0v) is 11.3. The molecule has 0 N–H and O–H groups in total. The van der Waals surface area contributed by atoms with Crippen molar-refractivity contribution in [2.75, 3.05) is 31.1 Å². The van der Waals surface area contributed by atoms with Crippen LogP contribution in [0.25, 0.3) is 0 Å². The van der Waals surface area contributed by atoms with E-state index in [1.165, 1.54) is 12.8 Å². The summed E-state index contributed by atoms with van der Waals surface area (Å²) >= 11 is 5.95. The normalized spacial score (nSPS) is 20.6. The first-order valence-corrected chi connectivity index (χ1v) is 6.96. The molecule has 0 atom stereocenters. The Morgan fingerprint density at radius 3 is 2.47 bits per heavy atom. The van der Waals surface area contributed by atoms with Crippen molar-refractivity contribution < 1.29 is 4.92 Å². The molecule has 0 spiro atoms.